The minimum Gasteiger partial charge on any atom is -0.464 e. The average Bonchev–Trinajstić information content (AvgIpc) is 2.28. The molecule has 0 saturated heterocycles. The molecule has 0 spiro atoms. The van der Waals surface area contributed by atoms with E-state index in [0.29, 0.717) is 0 Å². The molecule has 1 heterocycles. The molecule has 0 atom stereocenters. The highest BCUT2D eigenvalue weighted by molar-refractivity contribution is 9.08. The van der Waals surface area contributed by atoms with Crippen molar-refractivity contribution in [2.45, 2.75) is 11.8 Å². The van der Waals surface area contributed by atoms with Gasteiger partial charge in [0.2, 0.25) is 0 Å². The molecule has 0 unspecified atom stereocenters. The number of rotatable bonds is 3. The fourth-order valence-corrected chi connectivity index (χ4v) is 1.35. The van der Waals surface area contributed by atoms with Gasteiger partial charge in [0.05, 0.1) is 18.4 Å². The van der Waals surface area contributed by atoms with Gasteiger partial charge in [0.25, 0.3) is 6.43 Å². The number of carbonyl (C=O) groups excluding carboxylic acids is 1. The standard InChI is InChI=1S/C9H7BrF3NO2/c1-16-9(15)7-6(11)5(8(12)13)2-4(3-10)14-7/h2,8H,3H2,1H3. The van der Waals surface area contributed by atoms with Gasteiger partial charge >= 0.3 is 5.97 Å². The van der Waals surface area contributed by atoms with Gasteiger partial charge in [-0.05, 0) is 6.07 Å². The van der Waals surface area contributed by atoms with Gasteiger partial charge in [-0.3, -0.25) is 0 Å². The van der Waals surface area contributed by atoms with Crippen LogP contribution in [0.4, 0.5) is 13.2 Å². The second-order valence-corrected chi connectivity index (χ2v) is 3.35. The number of hydrogen-bond donors (Lipinski definition) is 0. The van der Waals surface area contributed by atoms with Gasteiger partial charge in [-0.25, -0.2) is 22.9 Å². The van der Waals surface area contributed by atoms with Crippen LogP contribution in [0.2, 0.25) is 0 Å². The van der Waals surface area contributed by atoms with Gasteiger partial charge in [0.15, 0.2) is 11.5 Å². The fraction of sp³-hybridized carbons (Fsp3) is 0.333. The molecule has 88 valence electrons. The Hall–Kier alpha value is -1.11. The van der Waals surface area contributed by atoms with Gasteiger partial charge in [-0.2, -0.15) is 0 Å². The largest absolute Gasteiger partial charge is 0.464 e. The van der Waals surface area contributed by atoms with Crippen molar-refractivity contribution in [1.29, 1.82) is 0 Å². The summed E-state index contributed by atoms with van der Waals surface area (Å²) in [6, 6.07) is 0.904. The molecule has 0 aliphatic carbocycles. The fourth-order valence-electron chi connectivity index (χ4n) is 1.06. The molecular formula is C9H7BrF3NO2. The van der Waals surface area contributed by atoms with Crippen molar-refractivity contribution in [2.24, 2.45) is 0 Å². The zero-order valence-corrected chi connectivity index (χ0v) is 9.72. The van der Waals surface area contributed by atoms with E-state index in [1.165, 1.54) is 0 Å². The molecule has 3 nitrogen and oxygen atoms in total. The van der Waals surface area contributed by atoms with E-state index >= 15 is 0 Å². The van der Waals surface area contributed by atoms with E-state index < -0.39 is 29.5 Å². The Morgan fingerprint density at radius 2 is 2.25 bits per heavy atom. The van der Waals surface area contributed by atoms with Crippen LogP contribution in [-0.2, 0) is 10.1 Å². The minimum absolute atomic E-state index is 0.136. The van der Waals surface area contributed by atoms with E-state index in [0.717, 1.165) is 13.2 Å². The van der Waals surface area contributed by atoms with Crippen LogP contribution < -0.4 is 0 Å². The highest BCUT2D eigenvalue weighted by Crippen LogP contribution is 2.25. The molecule has 0 radical (unpaired) electrons. The summed E-state index contributed by atoms with van der Waals surface area (Å²) >= 11 is 2.99. The Balaban J connectivity index is 3.37. The number of carbonyl (C=O) groups is 1. The Kier molecular flexibility index (Phi) is 4.28. The number of nitrogens with zero attached hydrogens (tertiary/aromatic N) is 1. The SMILES string of the molecule is COC(=O)c1nc(CBr)cc(C(F)F)c1F. The minimum atomic E-state index is -3.01. The number of methoxy groups -OCH3 is 1. The molecule has 0 fully saturated rings. The number of aromatic nitrogens is 1. The van der Waals surface area contributed by atoms with Crippen molar-refractivity contribution < 1.29 is 22.7 Å². The molecule has 7 heteroatoms. The molecule has 16 heavy (non-hydrogen) atoms. The van der Waals surface area contributed by atoms with Crippen LogP contribution in [0, 0.1) is 5.82 Å². The van der Waals surface area contributed by atoms with Crippen molar-refractivity contribution in [3.63, 3.8) is 0 Å². The lowest BCUT2D eigenvalue weighted by Crippen LogP contribution is -2.11. The summed E-state index contributed by atoms with van der Waals surface area (Å²) in [5.74, 6) is -2.42. The third-order valence-electron chi connectivity index (χ3n) is 1.79. The van der Waals surface area contributed by atoms with E-state index in [4.69, 9.17) is 0 Å². The van der Waals surface area contributed by atoms with Gasteiger partial charge < -0.3 is 4.74 Å². The van der Waals surface area contributed by atoms with Crippen LogP contribution in [0.3, 0.4) is 0 Å². The normalized spacial score (nSPS) is 10.6. The highest BCUT2D eigenvalue weighted by atomic mass is 79.9. The van der Waals surface area contributed by atoms with E-state index in [1.807, 2.05) is 0 Å². The molecule has 0 aromatic carbocycles. The number of alkyl halides is 3. The van der Waals surface area contributed by atoms with Crippen molar-refractivity contribution in [3.05, 3.63) is 28.8 Å². The maximum absolute atomic E-state index is 13.4. The molecule has 0 N–H and O–H groups in total. The molecule has 0 bridgehead atoms. The van der Waals surface area contributed by atoms with Crippen LogP contribution in [0.5, 0.6) is 0 Å². The van der Waals surface area contributed by atoms with Crippen molar-refractivity contribution in [1.82, 2.24) is 4.98 Å². The summed E-state index contributed by atoms with van der Waals surface area (Å²) in [7, 11) is 1.02. The lowest BCUT2D eigenvalue weighted by Gasteiger charge is -2.07. The van der Waals surface area contributed by atoms with Gasteiger partial charge in [0, 0.05) is 5.33 Å². The molecule has 0 aliphatic rings. The number of halogens is 4. The number of pyridine rings is 1. The Morgan fingerprint density at radius 3 is 2.69 bits per heavy atom. The Morgan fingerprint density at radius 1 is 1.62 bits per heavy atom. The summed E-state index contributed by atoms with van der Waals surface area (Å²) in [4.78, 5) is 14.7. The molecule has 0 aliphatic heterocycles. The summed E-state index contributed by atoms with van der Waals surface area (Å²) in [5.41, 5.74) is -1.45. The van der Waals surface area contributed by atoms with Crippen LogP contribution in [-0.4, -0.2) is 18.1 Å². The molecule has 0 amide bonds. The van der Waals surface area contributed by atoms with E-state index in [1.54, 1.807) is 0 Å². The first-order chi connectivity index (χ1) is 7.51. The summed E-state index contributed by atoms with van der Waals surface area (Å²) in [6.45, 7) is 0. The van der Waals surface area contributed by atoms with Crippen molar-refractivity contribution in [2.75, 3.05) is 7.11 Å². The predicted octanol–water partition coefficient (Wildman–Crippen LogP) is 2.84. The number of hydrogen-bond acceptors (Lipinski definition) is 3. The number of esters is 1. The van der Waals surface area contributed by atoms with Crippen LogP contribution >= 0.6 is 15.9 Å². The number of ether oxygens (including phenoxy) is 1. The lowest BCUT2D eigenvalue weighted by molar-refractivity contribution is 0.0586. The topological polar surface area (TPSA) is 39.2 Å². The monoisotopic (exact) mass is 297 g/mol. The maximum atomic E-state index is 13.4. The van der Waals surface area contributed by atoms with Gasteiger partial charge in [0.1, 0.15) is 0 Å². The van der Waals surface area contributed by atoms with Crippen LogP contribution in [0.15, 0.2) is 6.07 Å². The smallest absolute Gasteiger partial charge is 0.359 e. The summed E-state index contributed by atoms with van der Waals surface area (Å²) < 4.78 is 42.6. The third kappa shape index (κ3) is 2.52. The first-order valence-corrected chi connectivity index (χ1v) is 5.25. The molecule has 1 rings (SSSR count). The molecule has 1 aromatic rings. The maximum Gasteiger partial charge on any atom is 0.359 e. The molecular weight excluding hydrogens is 291 g/mol. The summed E-state index contributed by atoms with van der Waals surface area (Å²) in [6.07, 6.45) is -3.01. The highest BCUT2D eigenvalue weighted by Gasteiger charge is 2.23. The van der Waals surface area contributed by atoms with E-state index in [-0.39, 0.29) is 11.0 Å². The zero-order chi connectivity index (χ0) is 12.3. The predicted molar refractivity (Wildman–Crippen MR) is 53.1 cm³/mol. The van der Waals surface area contributed by atoms with Crippen molar-refractivity contribution >= 4 is 21.9 Å². The Labute approximate surface area is 97.8 Å². The zero-order valence-electron chi connectivity index (χ0n) is 8.14. The Bertz CT molecular complexity index is 412. The lowest BCUT2D eigenvalue weighted by atomic mass is 10.2. The molecule has 0 saturated carbocycles. The second-order valence-electron chi connectivity index (χ2n) is 2.79. The summed E-state index contributed by atoms with van der Waals surface area (Å²) in [5, 5.41) is 0.136. The van der Waals surface area contributed by atoms with E-state index in [2.05, 4.69) is 25.7 Å². The van der Waals surface area contributed by atoms with E-state index in [9.17, 15) is 18.0 Å². The molecule has 1 aromatic heterocycles. The van der Waals surface area contributed by atoms with Gasteiger partial charge in [-0.15, -0.1) is 0 Å². The third-order valence-corrected chi connectivity index (χ3v) is 2.36. The average molecular weight is 298 g/mol. The first-order valence-electron chi connectivity index (χ1n) is 4.13. The quantitative estimate of drug-likeness (QED) is 0.636. The van der Waals surface area contributed by atoms with Gasteiger partial charge in [-0.1, -0.05) is 15.9 Å². The first kappa shape index (κ1) is 13.0. The second kappa shape index (κ2) is 5.29. The van der Waals surface area contributed by atoms with Crippen molar-refractivity contribution in [3.8, 4) is 0 Å². The van der Waals surface area contributed by atoms with Crippen LogP contribution in [0.25, 0.3) is 0 Å². The van der Waals surface area contributed by atoms with Crippen LogP contribution in [0.1, 0.15) is 28.2 Å².